The number of hydrogen-bond donors (Lipinski definition) is 1. The van der Waals surface area contributed by atoms with Gasteiger partial charge < -0.3 is 14.8 Å². The number of carbonyl (C=O) groups excluding carboxylic acids is 1. The molecule has 4 rings (SSSR count). The summed E-state index contributed by atoms with van der Waals surface area (Å²) in [6.45, 7) is 6.97. The third kappa shape index (κ3) is 3.91. The summed E-state index contributed by atoms with van der Waals surface area (Å²) in [6.07, 6.45) is 2.55. The average molecular weight is 375 g/mol. The fourth-order valence-corrected chi connectivity index (χ4v) is 3.59. The molecule has 1 amide bonds. The fourth-order valence-electron chi connectivity index (χ4n) is 3.59. The second kappa shape index (κ2) is 7.84. The molecule has 6 nitrogen and oxygen atoms in total. The van der Waals surface area contributed by atoms with E-state index in [1.54, 1.807) is 18.3 Å². The molecule has 1 saturated heterocycles. The molecular weight excluding hydrogens is 352 g/mol. The number of nitrogens with zero attached hydrogens (tertiary/aromatic N) is 3. The number of rotatable bonds is 4. The Balaban J connectivity index is 1.34. The fraction of sp³-hybridized carbons (Fsp3) is 0.273. The van der Waals surface area contributed by atoms with Gasteiger partial charge in [-0.2, -0.15) is 0 Å². The van der Waals surface area contributed by atoms with Crippen LogP contribution in [0.2, 0.25) is 0 Å². The van der Waals surface area contributed by atoms with Crippen molar-refractivity contribution in [2.75, 3.05) is 31.1 Å². The molecule has 3 heterocycles. The Morgan fingerprint density at radius 2 is 1.86 bits per heavy atom. The minimum Gasteiger partial charge on any atom is -0.368 e. The molecule has 1 aliphatic heterocycles. The maximum absolute atomic E-state index is 12.6. The molecule has 3 aromatic rings. The van der Waals surface area contributed by atoms with Crippen molar-refractivity contribution in [1.82, 2.24) is 14.9 Å². The van der Waals surface area contributed by atoms with Crippen LogP contribution >= 0.6 is 0 Å². The summed E-state index contributed by atoms with van der Waals surface area (Å²) in [5.74, 6) is 0.120. The molecule has 0 unspecified atom stereocenters. The van der Waals surface area contributed by atoms with Crippen LogP contribution in [-0.4, -0.2) is 47.0 Å². The highest BCUT2D eigenvalue weighted by molar-refractivity contribution is 5.78. The number of benzene rings is 1. The van der Waals surface area contributed by atoms with Gasteiger partial charge in [0, 0.05) is 50.2 Å². The van der Waals surface area contributed by atoms with Crippen molar-refractivity contribution in [2.24, 2.45) is 0 Å². The summed E-state index contributed by atoms with van der Waals surface area (Å²) < 4.78 is 0. The second-order valence-corrected chi connectivity index (χ2v) is 7.09. The number of H-pyrrole nitrogens is 1. The molecule has 0 atom stereocenters. The number of hydrogen-bond acceptors (Lipinski definition) is 4. The molecule has 1 N–H and O–H groups in total. The number of aromatic nitrogens is 2. The van der Waals surface area contributed by atoms with Crippen molar-refractivity contribution in [3.05, 3.63) is 77.2 Å². The van der Waals surface area contributed by atoms with Crippen molar-refractivity contribution in [2.45, 2.75) is 12.8 Å². The first-order chi connectivity index (χ1) is 13.6. The molecule has 0 aliphatic carbocycles. The molecule has 1 aliphatic rings. The van der Waals surface area contributed by atoms with Crippen molar-refractivity contribution in [3.63, 3.8) is 0 Å². The molecule has 1 fully saturated rings. The summed E-state index contributed by atoms with van der Waals surface area (Å²) in [6, 6.07) is 13.5. The number of aryl methyl sites for hydroxylation is 1. The number of pyridine rings is 2. The number of aromatic amines is 1. The molecule has 2 aromatic heterocycles. The van der Waals surface area contributed by atoms with Gasteiger partial charge in [0.25, 0.3) is 5.56 Å². The lowest BCUT2D eigenvalue weighted by atomic mass is 10.1. The zero-order valence-electron chi connectivity index (χ0n) is 15.7. The number of anilines is 1. The predicted octanol–water partition coefficient (Wildman–Crippen LogP) is 2.39. The van der Waals surface area contributed by atoms with Crippen LogP contribution < -0.4 is 10.5 Å². The van der Waals surface area contributed by atoms with Gasteiger partial charge in [-0.05, 0) is 49.2 Å². The zero-order chi connectivity index (χ0) is 19.5. The summed E-state index contributed by atoms with van der Waals surface area (Å²) in [5, 5.41) is 0.570. The largest absolute Gasteiger partial charge is 0.368 e. The van der Waals surface area contributed by atoms with E-state index >= 15 is 0 Å². The van der Waals surface area contributed by atoms with Crippen molar-refractivity contribution in [1.29, 1.82) is 0 Å². The summed E-state index contributed by atoms with van der Waals surface area (Å²) in [5.41, 5.74) is 3.42. The molecule has 1 aromatic carbocycles. The monoisotopic (exact) mass is 375 g/mol. The Labute approximate surface area is 163 Å². The van der Waals surface area contributed by atoms with Gasteiger partial charge in [0.2, 0.25) is 5.91 Å². The van der Waals surface area contributed by atoms with Gasteiger partial charge in [0.15, 0.2) is 0 Å². The Morgan fingerprint density at radius 1 is 1.11 bits per heavy atom. The average Bonchev–Trinajstić information content (AvgIpc) is 2.73. The third-order valence-electron chi connectivity index (χ3n) is 5.21. The summed E-state index contributed by atoms with van der Waals surface area (Å²) in [4.78, 5) is 36.0. The van der Waals surface area contributed by atoms with E-state index in [0.717, 1.165) is 24.3 Å². The van der Waals surface area contributed by atoms with Crippen LogP contribution in [0.3, 0.4) is 0 Å². The summed E-state index contributed by atoms with van der Waals surface area (Å²) >= 11 is 0. The van der Waals surface area contributed by atoms with Gasteiger partial charge in [-0.1, -0.05) is 12.1 Å². The van der Waals surface area contributed by atoms with E-state index in [-0.39, 0.29) is 11.5 Å². The quantitative estimate of drug-likeness (QED) is 0.760. The Bertz CT molecular complexity index is 1030. The normalized spacial score (nSPS) is 14.5. The van der Waals surface area contributed by atoms with Crippen LogP contribution in [0.4, 0.5) is 5.69 Å². The number of nitrogens with one attached hydrogen (secondary N) is 1. The highest BCUT2D eigenvalue weighted by Gasteiger charge is 2.21. The molecule has 1 radical (unpaired) electrons. The molecule has 6 heteroatoms. The molecule has 0 saturated carbocycles. The zero-order valence-corrected chi connectivity index (χ0v) is 15.7. The highest BCUT2D eigenvalue weighted by Crippen LogP contribution is 2.17. The third-order valence-corrected chi connectivity index (χ3v) is 5.21. The number of fused-ring (bicyclic) bond motifs is 1. The van der Waals surface area contributed by atoms with Gasteiger partial charge in [0.05, 0.1) is 10.9 Å². The van der Waals surface area contributed by atoms with E-state index < -0.39 is 0 Å². The van der Waals surface area contributed by atoms with E-state index in [1.807, 2.05) is 23.1 Å². The van der Waals surface area contributed by atoms with Crippen molar-refractivity contribution < 1.29 is 4.79 Å². The van der Waals surface area contributed by atoms with Crippen LogP contribution in [0.15, 0.2) is 53.5 Å². The van der Waals surface area contributed by atoms with Crippen LogP contribution in [0, 0.1) is 6.92 Å². The predicted molar refractivity (Wildman–Crippen MR) is 110 cm³/mol. The van der Waals surface area contributed by atoms with Gasteiger partial charge in [-0.3, -0.25) is 14.6 Å². The SMILES string of the molecule is [CH2]c1ccc(N2CCN(C(=O)CCc3cc4ncccc4c(=O)[nH]3)CC2)cc1. The van der Waals surface area contributed by atoms with Crippen LogP contribution in [0.1, 0.15) is 17.7 Å². The molecule has 143 valence electrons. The second-order valence-electron chi connectivity index (χ2n) is 7.09. The summed E-state index contributed by atoms with van der Waals surface area (Å²) in [7, 11) is 0. The highest BCUT2D eigenvalue weighted by atomic mass is 16.2. The van der Waals surface area contributed by atoms with Gasteiger partial charge >= 0.3 is 0 Å². The first-order valence-electron chi connectivity index (χ1n) is 9.52. The smallest absolute Gasteiger partial charge is 0.257 e. The van der Waals surface area contributed by atoms with E-state index in [1.165, 1.54) is 5.69 Å². The lowest BCUT2D eigenvalue weighted by molar-refractivity contribution is -0.131. The maximum Gasteiger partial charge on any atom is 0.257 e. The first kappa shape index (κ1) is 18.2. The number of carbonyl (C=O) groups is 1. The lowest BCUT2D eigenvalue weighted by Gasteiger charge is -2.36. The van der Waals surface area contributed by atoms with Gasteiger partial charge in [0.1, 0.15) is 0 Å². The first-order valence-corrected chi connectivity index (χ1v) is 9.52. The Hall–Kier alpha value is -3.15. The van der Waals surface area contributed by atoms with Crippen LogP contribution in [0.25, 0.3) is 10.9 Å². The van der Waals surface area contributed by atoms with Gasteiger partial charge in [-0.25, -0.2) is 0 Å². The molecule has 0 bridgehead atoms. The Kier molecular flexibility index (Phi) is 5.10. The van der Waals surface area contributed by atoms with E-state index in [9.17, 15) is 9.59 Å². The number of amides is 1. The van der Waals surface area contributed by atoms with Crippen molar-refractivity contribution in [3.8, 4) is 0 Å². The van der Waals surface area contributed by atoms with E-state index in [4.69, 9.17) is 0 Å². The molecular formula is C22H23N4O2. The van der Waals surface area contributed by atoms with Gasteiger partial charge in [-0.15, -0.1) is 0 Å². The minimum absolute atomic E-state index is 0.120. The molecule has 0 spiro atoms. The van der Waals surface area contributed by atoms with E-state index in [0.29, 0.717) is 36.8 Å². The standard InChI is InChI=1S/C22H23N4O2/c1-16-4-7-18(8-5-16)25-11-13-26(14-12-25)21(27)9-6-17-15-20-19(22(28)24-17)3-2-10-23-20/h2-5,7-8,10,15H,1,6,9,11-14H2,(H,24,28). The van der Waals surface area contributed by atoms with E-state index in [2.05, 4.69) is 33.9 Å². The maximum atomic E-state index is 12.6. The molecule has 28 heavy (non-hydrogen) atoms. The Morgan fingerprint density at radius 3 is 2.61 bits per heavy atom. The number of piperazine rings is 1. The van der Waals surface area contributed by atoms with Crippen molar-refractivity contribution >= 4 is 22.5 Å². The lowest BCUT2D eigenvalue weighted by Crippen LogP contribution is -2.48. The topological polar surface area (TPSA) is 69.3 Å². The van der Waals surface area contributed by atoms with Crippen LogP contribution in [-0.2, 0) is 11.2 Å². The van der Waals surface area contributed by atoms with Crippen LogP contribution in [0.5, 0.6) is 0 Å². The minimum atomic E-state index is -0.157.